The van der Waals surface area contributed by atoms with Crippen LogP contribution in [0.3, 0.4) is 0 Å². The van der Waals surface area contributed by atoms with Crippen LogP contribution >= 0.6 is 0 Å². The number of alkyl halides is 3. The molecule has 1 saturated heterocycles. The average Bonchev–Trinajstić information content (AvgIpc) is 2.70. The normalized spacial score (nSPS) is 17.5. The van der Waals surface area contributed by atoms with Crippen molar-refractivity contribution < 1.29 is 22.8 Å². The second-order valence-corrected chi connectivity index (χ2v) is 8.85. The molecule has 1 aromatic carbocycles. The van der Waals surface area contributed by atoms with Crippen molar-refractivity contribution in [2.45, 2.75) is 65.1 Å². The number of likely N-dealkylation sites (tertiary alicyclic amines) is 1. The van der Waals surface area contributed by atoms with Gasteiger partial charge in [0, 0.05) is 36.7 Å². The summed E-state index contributed by atoms with van der Waals surface area (Å²) < 4.78 is 38.1. The highest BCUT2D eigenvalue weighted by Crippen LogP contribution is 2.31. The zero-order chi connectivity index (χ0) is 23.2. The monoisotopic (exact) mass is 441 g/mol. The van der Waals surface area contributed by atoms with Gasteiger partial charge in [0.2, 0.25) is 11.8 Å². The smallest absolute Gasteiger partial charge is 0.382 e. The second-order valence-electron chi connectivity index (χ2n) is 8.85. The molecule has 0 bridgehead atoms. The molecule has 2 atom stereocenters. The average molecular weight is 442 g/mol. The van der Waals surface area contributed by atoms with Gasteiger partial charge in [0.25, 0.3) is 0 Å². The number of nitrogens with zero attached hydrogens (tertiary/aromatic N) is 1. The van der Waals surface area contributed by atoms with E-state index in [2.05, 4.69) is 5.32 Å². The summed E-state index contributed by atoms with van der Waals surface area (Å²) in [6.07, 6.45) is -0.959. The SMILES string of the molecule is CCC[C@H](C(N)=O)[C@@H](CC(C)C)C(=O)N1CCC(Nc2ccc(C(F)(F)F)cc2)CC1. The first-order chi connectivity index (χ1) is 14.5. The third kappa shape index (κ3) is 7.14. The molecule has 1 aliphatic heterocycles. The van der Waals surface area contributed by atoms with Crippen molar-refractivity contribution in [3.05, 3.63) is 29.8 Å². The Morgan fingerprint density at radius 2 is 1.71 bits per heavy atom. The number of hydrogen-bond donors (Lipinski definition) is 2. The van der Waals surface area contributed by atoms with Crippen molar-refractivity contribution in [2.75, 3.05) is 18.4 Å². The zero-order valence-corrected chi connectivity index (χ0v) is 18.5. The molecule has 174 valence electrons. The van der Waals surface area contributed by atoms with E-state index in [1.165, 1.54) is 12.1 Å². The highest BCUT2D eigenvalue weighted by atomic mass is 19.4. The van der Waals surface area contributed by atoms with E-state index in [9.17, 15) is 22.8 Å². The van der Waals surface area contributed by atoms with Crippen LogP contribution in [0, 0.1) is 17.8 Å². The maximum Gasteiger partial charge on any atom is 0.416 e. The Balaban J connectivity index is 1.97. The van der Waals surface area contributed by atoms with Crippen molar-refractivity contribution in [1.82, 2.24) is 4.90 Å². The Hall–Kier alpha value is -2.25. The molecule has 0 aliphatic carbocycles. The molecule has 1 heterocycles. The molecular formula is C23H34F3N3O2. The van der Waals surface area contributed by atoms with Gasteiger partial charge in [-0.25, -0.2) is 0 Å². The molecule has 8 heteroatoms. The van der Waals surface area contributed by atoms with Gasteiger partial charge in [0.05, 0.1) is 5.56 Å². The lowest BCUT2D eigenvalue weighted by molar-refractivity contribution is -0.143. The fourth-order valence-corrected chi connectivity index (χ4v) is 4.27. The number of nitrogens with two attached hydrogens (primary N) is 1. The van der Waals surface area contributed by atoms with Gasteiger partial charge in [-0.3, -0.25) is 9.59 Å². The van der Waals surface area contributed by atoms with Crippen LogP contribution in [0.4, 0.5) is 18.9 Å². The number of carbonyl (C=O) groups is 2. The van der Waals surface area contributed by atoms with Crippen LogP contribution in [-0.2, 0) is 15.8 Å². The van der Waals surface area contributed by atoms with Gasteiger partial charge < -0.3 is 16.0 Å². The fraction of sp³-hybridized carbons (Fsp3) is 0.652. The number of benzene rings is 1. The van der Waals surface area contributed by atoms with Crippen LogP contribution in [-0.4, -0.2) is 35.8 Å². The minimum atomic E-state index is -4.35. The molecule has 2 rings (SSSR count). The van der Waals surface area contributed by atoms with E-state index in [1.807, 2.05) is 25.7 Å². The number of amides is 2. The lowest BCUT2D eigenvalue weighted by Crippen LogP contribution is -2.48. The number of rotatable bonds is 9. The number of carbonyl (C=O) groups excluding carboxylic acids is 2. The lowest BCUT2D eigenvalue weighted by atomic mass is 9.81. The number of anilines is 1. The standard InChI is InChI=1S/C23H34F3N3O2/c1-4-5-19(21(27)30)20(14-15(2)3)22(31)29-12-10-18(11-13-29)28-17-8-6-16(7-9-17)23(24,25)26/h6-9,15,18-20,28H,4-5,10-14H2,1-3H3,(H2,27,30)/t19-,20+/m0/s1. The first-order valence-electron chi connectivity index (χ1n) is 11.0. The quantitative estimate of drug-likeness (QED) is 0.585. The van der Waals surface area contributed by atoms with E-state index in [1.54, 1.807) is 0 Å². The van der Waals surface area contributed by atoms with Crippen molar-refractivity contribution in [3.8, 4) is 0 Å². The number of piperidine rings is 1. The summed E-state index contributed by atoms with van der Waals surface area (Å²) >= 11 is 0. The zero-order valence-electron chi connectivity index (χ0n) is 18.5. The molecule has 0 unspecified atom stereocenters. The van der Waals surface area contributed by atoms with Gasteiger partial charge in [-0.1, -0.05) is 27.2 Å². The first-order valence-corrected chi connectivity index (χ1v) is 11.0. The molecule has 0 aromatic heterocycles. The van der Waals surface area contributed by atoms with Crippen molar-refractivity contribution in [3.63, 3.8) is 0 Å². The summed E-state index contributed by atoms with van der Waals surface area (Å²) in [6, 6.07) is 5.07. The molecule has 1 aromatic rings. The van der Waals surface area contributed by atoms with E-state index < -0.39 is 29.5 Å². The Kier molecular flexibility index (Phi) is 8.77. The van der Waals surface area contributed by atoms with Gasteiger partial charge in [0.1, 0.15) is 0 Å². The minimum absolute atomic E-state index is 0.0149. The fourth-order valence-electron chi connectivity index (χ4n) is 4.27. The number of halogens is 3. The van der Waals surface area contributed by atoms with Crippen LogP contribution in [0.5, 0.6) is 0 Å². The van der Waals surface area contributed by atoms with Crippen molar-refractivity contribution in [2.24, 2.45) is 23.5 Å². The van der Waals surface area contributed by atoms with Gasteiger partial charge >= 0.3 is 6.18 Å². The van der Waals surface area contributed by atoms with Gasteiger partial charge in [-0.05, 0) is 55.9 Å². The van der Waals surface area contributed by atoms with E-state index in [-0.39, 0.29) is 17.9 Å². The molecule has 1 fully saturated rings. The lowest BCUT2D eigenvalue weighted by Gasteiger charge is -2.37. The molecule has 1 aliphatic rings. The number of hydrogen-bond acceptors (Lipinski definition) is 3. The summed E-state index contributed by atoms with van der Waals surface area (Å²) in [6.45, 7) is 7.13. The topological polar surface area (TPSA) is 75.4 Å². The first kappa shape index (κ1) is 25.0. The Bertz CT molecular complexity index is 727. The van der Waals surface area contributed by atoms with Crippen LogP contribution in [0.15, 0.2) is 24.3 Å². The summed E-state index contributed by atoms with van der Waals surface area (Å²) in [5, 5.41) is 3.26. The van der Waals surface area contributed by atoms with E-state index in [0.29, 0.717) is 44.5 Å². The van der Waals surface area contributed by atoms with Crippen LogP contribution in [0.2, 0.25) is 0 Å². The van der Waals surface area contributed by atoms with E-state index in [0.717, 1.165) is 18.6 Å². The predicted octanol–water partition coefficient (Wildman–Crippen LogP) is 4.67. The van der Waals surface area contributed by atoms with Crippen molar-refractivity contribution in [1.29, 1.82) is 0 Å². The van der Waals surface area contributed by atoms with Crippen LogP contribution in [0.25, 0.3) is 0 Å². The molecular weight excluding hydrogens is 407 g/mol. The maximum atomic E-state index is 13.2. The highest BCUT2D eigenvalue weighted by molar-refractivity contribution is 5.87. The van der Waals surface area contributed by atoms with Gasteiger partial charge in [-0.2, -0.15) is 13.2 Å². The van der Waals surface area contributed by atoms with Gasteiger partial charge in [-0.15, -0.1) is 0 Å². The van der Waals surface area contributed by atoms with Crippen LogP contribution in [0.1, 0.15) is 58.4 Å². The molecule has 3 N–H and O–H groups in total. The molecule has 31 heavy (non-hydrogen) atoms. The molecule has 0 radical (unpaired) electrons. The van der Waals surface area contributed by atoms with Gasteiger partial charge in [0.15, 0.2) is 0 Å². The summed E-state index contributed by atoms with van der Waals surface area (Å²) in [4.78, 5) is 27.1. The summed E-state index contributed by atoms with van der Waals surface area (Å²) in [5.41, 5.74) is 5.58. The van der Waals surface area contributed by atoms with E-state index in [4.69, 9.17) is 5.73 Å². The minimum Gasteiger partial charge on any atom is -0.382 e. The number of nitrogens with one attached hydrogen (secondary N) is 1. The third-order valence-corrected chi connectivity index (χ3v) is 5.88. The van der Waals surface area contributed by atoms with Crippen molar-refractivity contribution >= 4 is 17.5 Å². The van der Waals surface area contributed by atoms with Crippen LogP contribution < -0.4 is 11.1 Å². The Morgan fingerprint density at radius 3 is 2.16 bits per heavy atom. The largest absolute Gasteiger partial charge is 0.416 e. The Morgan fingerprint density at radius 1 is 1.13 bits per heavy atom. The molecule has 0 saturated carbocycles. The Labute approximate surface area is 182 Å². The maximum absolute atomic E-state index is 13.2. The highest BCUT2D eigenvalue weighted by Gasteiger charge is 2.36. The number of primary amides is 1. The third-order valence-electron chi connectivity index (χ3n) is 5.88. The second kappa shape index (κ2) is 10.9. The molecule has 0 spiro atoms. The summed E-state index contributed by atoms with van der Waals surface area (Å²) in [7, 11) is 0. The summed E-state index contributed by atoms with van der Waals surface area (Å²) in [5.74, 6) is -1.02. The van der Waals surface area contributed by atoms with E-state index >= 15 is 0 Å². The molecule has 5 nitrogen and oxygen atoms in total. The molecule has 2 amide bonds. The predicted molar refractivity (Wildman–Crippen MR) is 115 cm³/mol.